The molecule has 2 aromatic heterocycles. The molecule has 19 heavy (non-hydrogen) atoms. The third-order valence-corrected chi connectivity index (χ3v) is 3.09. The van der Waals surface area contributed by atoms with E-state index in [4.69, 9.17) is 5.11 Å². The van der Waals surface area contributed by atoms with Crippen molar-refractivity contribution in [3.63, 3.8) is 0 Å². The van der Waals surface area contributed by atoms with Gasteiger partial charge in [0, 0.05) is 24.2 Å². The predicted molar refractivity (Wildman–Crippen MR) is 67.4 cm³/mol. The SMILES string of the molecule is Cn1ccc2c(F)c(-c3cc(C(=O)O)[nH]n3)ccc21. The summed E-state index contributed by atoms with van der Waals surface area (Å²) in [6.45, 7) is 0. The Bertz CT molecular complexity index is 788. The first-order valence-corrected chi connectivity index (χ1v) is 5.60. The van der Waals surface area contributed by atoms with Gasteiger partial charge in [-0.1, -0.05) is 0 Å². The zero-order chi connectivity index (χ0) is 13.6. The Balaban J connectivity index is 2.19. The first-order chi connectivity index (χ1) is 9.08. The van der Waals surface area contributed by atoms with Crippen molar-refractivity contribution in [1.82, 2.24) is 14.8 Å². The number of H-pyrrole nitrogens is 1. The van der Waals surface area contributed by atoms with Crippen LogP contribution in [0.1, 0.15) is 10.5 Å². The second-order valence-corrected chi connectivity index (χ2v) is 4.26. The van der Waals surface area contributed by atoms with Crippen LogP contribution in [-0.2, 0) is 7.05 Å². The Hall–Kier alpha value is -2.63. The maximum atomic E-state index is 14.4. The molecule has 0 fully saturated rings. The average Bonchev–Trinajstić information content (AvgIpc) is 2.98. The van der Waals surface area contributed by atoms with Crippen LogP contribution in [0.3, 0.4) is 0 Å². The number of rotatable bonds is 2. The third-order valence-electron chi connectivity index (χ3n) is 3.09. The van der Waals surface area contributed by atoms with Crippen LogP contribution in [0.25, 0.3) is 22.2 Å². The molecular formula is C13H10FN3O2. The Labute approximate surface area is 107 Å². The number of benzene rings is 1. The number of halogens is 1. The molecule has 0 atom stereocenters. The van der Waals surface area contributed by atoms with E-state index in [-0.39, 0.29) is 17.0 Å². The summed E-state index contributed by atoms with van der Waals surface area (Å²) < 4.78 is 16.2. The second-order valence-electron chi connectivity index (χ2n) is 4.26. The van der Waals surface area contributed by atoms with E-state index in [1.807, 2.05) is 11.6 Å². The molecule has 0 saturated carbocycles. The van der Waals surface area contributed by atoms with E-state index < -0.39 is 11.8 Å². The molecule has 0 bridgehead atoms. The summed E-state index contributed by atoms with van der Waals surface area (Å²) in [7, 11) is 1.83. The lowest BCUT2D eigenvalue weighted by molar-refractivity contribution is 0.0690. The van der Waals surface area contributed by atoms with Crippen LogP contribution in [-0.4, -0.2) is 25.8 Å². The second kappa shape index (κ2) is 3.94. The van der Waals surface area contributed by atoms with E-state index >= 15 is 0 Å². The lowest BCUT2D eigenvalue weighted by Gasteiger charge is -2.02. The van der Waals surface area contributed by atoms with Gasteiger partial charge in [0.2, 0.25) is 0 Å². The highest BCUT2D eigenvalue weighted by molar-refractivity contribution is 5.89. The number of aromatic carboxylic acids is 1. The average molecular weight is 259 g/mol. The van der Waals surface area contributed by atoms with Gasteiger partial charge in [0.1, 0.15) is 11.5 Å². The molecule has 3 aromatic rings. The monoisotopic (exact) mass is 259 g/mol. The number of aromatic amines is 1. The molecule has 0 aliphatic carbocycles. The number of hydrogen-bond donors (Lipinski definition) is 2. The highest BCUT2D eigenvalue weighted by atomic mass is 19.1. The normalized spacial score (nSPS) is 11.1. The van der Waals surface area contributed by atoms with Crippen LogP contribution < -0.4 is 0 Å². The van der Waals surface area contributed by atoms with E-state index in [0.29, 0.717) is 5.39 Å². The molecule has 0 aliphatic heterocycles. The van der Waals surface area contributed by atoms with Crippen LogP contribution in [0.2, 0.25) is 0 Å². The highest BCUT2D eigenvalue weighted by Crippen LogP contribution is 2.28. The molecule has 0 spiro atoms. The number of nitrogens with one attached hydrogen (secondary N) is 1. The molecule has 6 heteroatoms. The van der Waals surface area contributed by atoms with Gasteiger partial charge in [0.05, 0.1) is 11.2 Å². The van der Waals surface area contributed by atoms with Crippen molar-refractivity contribution in [3.8, 4) is 11.3 Å². The van der Waals surface area contributed by atoms with Gasteiger partial charge in [0.15, 0.2) is 0 Å². The van der Waals surface area contributed by atoms with Crippen LogP contribution >= 0.6 is 0 Å². The van der Waals surface area contributed by atoms with Gasteiger partial charge in [-0.3, -0.25) is 5.10 Å². The van der Waals surface area contributed by atoms with Crippen molar-refractivity contribution in [1.29, 1.82) is 0 Å². The summed E-state index contributed by atoms with van der Waals surface area (Å²) in [6, 6.07) is 6.37. The summed E-state index contributed by atoms with van der Waals surface area (Å²) in [5.74, 6) is -1.53. The summed E-state index contributed by atoms with van der Waals surface area (Å²) in [6.07, 6.45) is 1.77. The molecule has 0 unspecified atom stereocenters. The fourth-order valence-electron chi connectivity index (χ4n) is 2.08. The van der Waals surface area contributed by atoms with Gasteiger partial charge < -0.3 is 9.67 Å². The highest BCUT2D eigenvalue weighted by Gasteiger charge is 2.15. The quantitative estimate of drug-likeness (QED) is 0.742. The zero-order valence-electron chi connectivity index (χ0n) is 10.0. The van der Waals surface area contributed by atoms with E-state index in [9.17, 15) is 9.18 Å². The van der Waals surface area contributed by atoms with Gasteiger partial charge in [-0.25, -0.2) is 9.18 Å². The molecule has 2 N–H and O–H groups in total. The molecule has 0 amide bonds. The minimum Gasteiger partial charge on any atom is -0.477 e. The van der Waals surface area contributed by atoms with E-state index in [1.54, 1.807) is 24.4 Å². The lowest BCUT2D eigenvalue weighted by Crippen LogP contribution is -1.95. The van der Waals surface area contributed by atoms with Gasteiger partial charge in [-0.05, 0) is 24.3 Å². The number of aromatic nitrogens is 3. The Kier molecular flexibility index (Phi) is 2.38. The standard InChI is InChI=1S/C13H10FN3O2/c1-17-5-4-8-11(17)3-2-7(12(8)14)9-6-10(13(18)19)16-15-9/h2-6H,1H3,(H,15,16)(H,18,19). The lowest BCUT2D eigenvalue weighted by atomic mass is 10.1. The maximum absolute atomic E-state index is 14.4. The first kappa shape index (κ1) is 11.5. The van der Waals surface area contributed by atoms with Gasteiger partial charge in [-0.15, -0.1) is 0 Å². The molecular weight excluding hydrogens is 249 g/mol. The molecule has 96 valence electrons. The number of carbonyl (C=O) groups is 1. The largest absolute Gasteiger partial charge is 0.477 e. The fraction of sp³-hybridized carbons (Fsp3) is 0.0769. The number of fused-ring (bicyclic) bond motifs is 1. The van der Waals surface area contributed by atoms with Crippen molar-refractivity contribution in [2.24, 2.45) is 7.05 Å². The van der Waals surface area contributed by atoms with E-state index in [2.05, 4.69) is 10.2 Å². The number of aryl methyl sites for hydroxylation is 1. The van der Waals surface area contributed by atoms with Crippen LogP contribution in [0.4, 0.5) is 4.39 Å². The topological polar surface area (TPSA) is 70.9 Å². The van der Waals surface area contributed by atoms with Gasteiger partial charge in [0.25, 0.3) is 0 Å². The Morgan fingerprint density at radius 1 is 1.42 bits per heavy atom. The van der Waals surface area contributed by atoms with Crippen molar-refractivity contribution in [3.05, 3.63) is 42.0 Å². The van der Waals surface area contributed by atoms with E-state index in [0.717, 1.165) is 5.52 Å². The summed E-state index contributed by atoms with van der Waals surface area (Å²) >= 11 is 0. The third kappa shape index (κ3) is 1.69. The number of carboxylic acids is 1. The molecule has 3 rings (SSSR count). The molecule has 1 aromatic carbocycles. The van der Waals surface area contributed by atoms with Crippen molar-refractivity contribution < 1.29 is 14.3 Å². The van der Waals surface area contributed by atoms with Crippen molar-refractivity contribution in [2.75, 3.05) is 0 Å². The number of hydrogen-bond acceptors (Lipinski definition) is 2. The smallest absolute Gasteiger partial charge is 0.353 e. The summed E-state index contributed by atoms with van der Waals surface area (Å²) in [5.41, 5.74) is 1.26. The molecule has 2 heterocycles. The van der Waals surface area contributed by atoms with Gasteiger partial charge in [-0.2, -0.15) is 5.10 Å². The van der Waals surface area contributed by atoms with Crippen molar-refractivity contribution in [2.45, 2.75) is 0 Å². The van der Waals surface area contributed by atoms with Crippen molar-refractivity contribution >= 4 is 16.9 Å². The molecule has 0 radical (unpaired) electrons. The molecule has 0 aliphatic rings. The maximum Gasteiger partial charge on any atom is 0.353 e. The number of carboxylic acid groups (broad SMARTS) is 1. The minimum atomic E-state index is -1.13. The summed E-state index contributed by atoms with van der Waals surface area (Å²) in [5, 5.41) is 15.5. The van der Waals surface area contributed by atoms with Crippen LogP contribution in [0, 0.1) is 5.82 Å². The Morgan fingerprint density at radius 2 is 2.21 bits per heavy atom. The first-order valence-electron chi connectivity index (χ1n) is 5.60. The zero-order valence-corrected chi connectivity index (χ0v) is 10.0. The van der Waals surface area contributed by atoms with Crippen LogP contribution in [0.5, 0.6) is 0 Å². The number of nitrogens with zero attached hydrogens (tertiary/aromatic N) is 2. The van der Waals surface area contributed by atoms with E-state index in [1.165, 1.54) is 6.07 Å². The molecule has 0 saturated heterocycles. The Morgan fingerprint density at radius 3 is 2.89 bits per heavy atom. The van der Waals surface area contributed by atoms with Gasteiger partial charge >= 0.3 is 5.97 Å². The summed E-state index contributed by atoms with van der Waals surface area (Å²) in [4.78, 5) is 10.8. The molecule has 5 nitrogen and oxygen atoms in total. The van der Waals surface area contributed by atoms with Crippen LogP contribution in [0.15, 0.2) is 30.5 Å². The minimum absolute atomic E-state index is 0.0671. The predicted octanol–water partition coefficient (Wildman–Crippen LogP) is 2.41. The fourth-order valence-corrected chi connectivity index (χ4v) is 2.08.